The SMILES string of the molecule is Cc1ccc(-c2ccc(/C=N\NCc3c(Cl)cccc3Cl)o2)cc1[N+](=O)[O-]. The summed E-state index contributed by atoms with van der Waals surface area (Å²) in [5.41, 5.74) is 4.90. The molecule has 0 amide bonds. The smallest absolute Gasteiger partial charge is 0.273 e. The Labute approximate surface area is 165 Å². The van der Waals surface area contributed by atoms with Crippen LogP contribution < -0.4 is 5.43 Å². The summed E-state index contributed by atoms with van der Waals surface area (Å²) in [6.07, 6.45) is 1.51. The summed E-state index contributed by atoms with van der Waals surface area (Å²) in [6.45, 7) is 2.06. The summed E-state index contributed by atoms with van der Waals surface area (Å²) in [5, 5.41) is 16.3. The summed E-state index contributed by atoms with van der Waals surface area (Å²) in [7, 11) is 0. The third-order valence-electron chi connectivity index (χ3n) is 3.92. The molecule has 3 rings (SSSR count). The van der Waals surface area contributed by atoms with Crippen LogP contribution in [0.1, 0.15) is 16.9 Å². The van der Waals surface area contributed by atoms with Gasteiger partial charge >= 0.3 is 0 Å². The first kappa shape index (κ1) is 18.9. The summed E-state index contributed by atoms with van der Waals surface area (Å²) in [4.78, 5) is 10.7. The van der Waals surface area contributed by atoms with E-state index in [1.165, 1.54) is 12.3 Å². The topological polar surface area (TPSA) is 80.7 Å². The Bertz CT molecular complexity index is 995. The Morgan fingerprint density at radius 1 is 1.19 bits per heavy atom. The lowest BCUT2D eigenvalue weighted by molar-refractivity contribution is -0.385. The van der Waals surface area contributed by atoms with Gasteiger partial charge in [0.1, 0.15) is 11.5 Å². The van der Waals surface area contributed by atoms with E-state index < -0.39 is 4.92 Å². The van der Waals surface area contributed by atoms with Gasteiger partial charge in [-0.25, -0.2) is 0 Å². The zero-order valence-electron chi connectivity index (χ0n) is 14.3. The number of hydrazone groups is 1. The van der Waals surface area contributed by atoms with Crippen LogP contribution in [0.15, 0.2) is 58.0 Å². The van der Waals surface area contributed by atoms with Gasteiger partial charge in [0.2, 0.25) is 0 Å². The number of furan rings is 1. The molecule has 0 atom stereocenters. The van der Waals surface area contributed by atoms with Gasteiger partial charge in [0.15, 0.2) is 0 Å². The predicted molar refractivity (Wildman–Crippen MR) is 106 cm³/mol. The molecule has 0 radical (unpaired) electrons. The number of halogens is 2. The first-order valence-corrected chi connectivity index (χ1v) is 8.75. The van der Waals surface area contributed by atoms with Gasteiger partial charge < -0.3 is 9.84 Å². The average Bonchev–Trinajstić information content (AvgIpc) is 3.09. The number of nitrogens with one attached hydrogen (secondary N) is 1. The second kappa shape index (κ2) is 8.24. The number of benzene rings is 2. The molecule has 8 heteroatoms. The van der Waals surface area contributed by atoms with Crippen molar-refractivity contribution in [2.75, 3.05) is 0 Å². The highest BCUT2D eigenvalue weighted by Crippen LogP contribution is 2.28. The molecule has 0 bridgehead atoms. The zero-order chi connectivity index (χ0) is 19.4. The van der Waals surface area contributed by atoms with E-state index in [0.717, 1.165) is 5.56 Å². The molecule has 0 aliphatic rings. The van der Waals surface area contributed by atoms with Crippen molar-refractivity contribution < 1.29 is 9.34 Å². The minimum atomic E-state index is -0.409. The lowest BCUT2D eigenvalue weighted by Crippen LogP contribution is -2.06. The number of hydrogen-bond acceptors (Lipinski definition) is 5. The third-order valence-corrected chi connectivity index (χ3v) is 4.63. The van der Waals surface area contributed by atoms with E-state index >= 15 is 0 Å². The molecule has 6 nitrogen and oxygen atoms in total. The number of nitro groups is 1. The van der Waals surface area contributed by atoms with E-state index in [-0.39, 0.29) is 5.69 Å². The van der Waals surface area contributed by atoms with E-state index in [1.54, 1.807) is 49.4 Å². The molecule has 0 saturated carbocycles. The number of rotatable bonds is 6. The summed E-state index contributed by atoms with van der Waals surface area (Å²) in [5.74, 6) is 1.03. The Morgan fingerprint density at radius 2 is 1.93 bits per heavy atom. The fraction of sp³-hybridized carbons (Fsp3) is 0.105. The van der Waals surface area contributed by atoms with Crippen LogP contribution in [0, 0.1) is 17.0 Å². The van der Waals surface area contributed by atoms with E-state index in [9.17, 15) is 10.1 Å². The highest BCUT2D eigenvalue weighted by molar-refractivity contribution is 6.35. The van der Waals surface area contributed by atoms with Crippen LogP contribution in [0.4, 0.5) is 5.69 Å². The van der Waals surface area contributed by atoms with Crippen molar-refractivity contribution in [3.63, 3.8) is 0 Å². The second-order valence-corrected chi connectivity index (χ2v) is 6.57. The molecule has 138 valence electrons. The molecule has 1 heterocycles. The molecular weight excluding hydrogens is 389 g/mol. The highest BCUT2D eigenvalue weighted by Gasteiger charge is 2.13. The first-order chi connectivity index (χ1) is 13.0. The number of nitro benzene ring substituents is 1. The first-order valence-electron chi connectivity index (χ1n) is 8.00. The normalized spacial score (nSPS) is 11.1. The van der Waals surface area contributed by atoms with E-state index in [2.05, 4.69) is 10.5 Å². The van der Waals surface area contributed by atoms with E-state index in [1.807, 2.05) is 0 Å². The van der Waals surface area contributed by atoms with E-state index in [0.29, 0.717) is 39.2 Å². The summed E-state index contributed by atoms with van der Waals surface area (Å²) in [6, 6.07) is 13.7. The van der Waals surface area contributed by atoms with Crippen LogP contribution in [0.5, 0.6) is 0 Å². The van der Waals surface area contributed by atoms with Gasteiger partial charge in [0, 0.05) is 32.8 Å². The molecule has 3 aromatic rings. The monoisotopic (exact) mass is 403 g/mol. The second-order valence-electron chi connectivity index (χ2n) is 5.75. The minimum absolute atomic E-state index is 0.0532. The number of hydrogen-bond donors (Lipinski definition) is 1. The molecule has 1 N–H and O–H groups in total. The van der Waals surface area contributed by atoms with Gasteiger partial charge in [0.05, 0.1) is 17.7 Å². The lowest BCUT2D eigenvalue weighted by atomic mass is 10.1. The summed E-state index contributed by atoms with van der Waals surface area (Å²) >= 11 is 12.2. The van der Waals surface area contributed by atoms with Gasteiger partial charge in [-0.1, -0.05) is 41.4 Å². The van der Waals surface area contributed by atoms with Crippen molar-refractivity contribution in [2.45, 2.75) is 13.5 Å². The average molecular weight is 404 g/mol. The Hall–Kier alpha value is -2.83. The van der Waals surface area contributed by atoms with Crippen LogP contribution in [0.25, 0.3) is 11.3 Å². The molecule has 0 aliphatic carbocycles. The van der Waals surface area contributed by atoms with Crippen LogP contribution in [-0.2, 0) is 6.54 Å². The van der Waals surface area contributed by atoms with Gasteiger partial charge in [-0.3, -0.25) is 10.1 Å². The Kier molecular flexibility index (Phi) is 5.78. The quantitative estimate of drug-likeness (QED) is 0.330. The molecular formula is C19H15Cl2N3O3. The van der Waals surface area contributed by atoms with E-state index in [4.69, 9.17) is 27.6 Å². The molecule has 0 fully saturated rings. The largest absolute Gasteiger partial charge is 0.455 e. The maximum atomic E-state index is 11.1. The lowest BCUT2D eigenvalue weighted by Gasteiger charge is -2.05. The van der Waals surface area contributed by atoms with Crippen molar-refractivity contribution in [3.05, 3.63) is 85.6 Å². The molecule has 0 aliphatic heterocycles. The summed E-state index contributed by atoms with van der Waals surface area (Å²) < 4.78 is 5.68. The van der Waals surface area contributed by atoms with Crippen LogP contribution in [-0.4, -0.2) is 11.1 Å². The maximum absolute atomic E-state index is 11.1. The maximum Gasteiger partial charge on any atom is 0.273 e. The van der Waals surface area contributed by atoms with Crippen LogP contribution in [0.2, 0.25) is 10.0 Å². The molecule has 1 aromatic heterocycles. The van der Waals surface area contributed by atoms with Crippen molar-refractivity contribution >= 4 is 35.1 Å². The van der Waals surface area contributed by atoms with Crippen LogP contribution >= 0.6 is 23.2 Å². The van der Waals surface area contributed by atoms with Gasteiger partial charge in [-0.2, -0.15) is 5.10 Å². The standard InChI is InChI=1S/C19H15Cl2N3O3/c1-12-5-6-13(9-18(12)24(25)26)19-8-7-14(27-19)10-22-23-11-15-16(20)3-2-4-17(15)21/h2-10,23H,11H2,1H3/b22-10-. The fourth-order valence-corrected chi connectivity index (χ4v) is 3.00. The third kappa shape index (κ3) is 4.48. The molecule has 27 heavy (non-hydrogen) atoms. The number of aryl methyl sites for hydroxylation is 1. The molecule has 0 saturated heterocycles. The van der Waals surface area contributed by atoms with Crippen molar-refractivity contribution in [3.8, 4) is 11.3 Å². The van der Waals surface area contributed by atoms with Gasteiger partial charge in [-0.05, 0) is 31.2 Å². The number of nitrogens with zero attached hydrogens (tertiary/aromatic N) is 2. The minimum Gasteiger partial charge on any atom is -0.455 e. The highest BCUT2D eigenvalue weighted by atomic mass is 35.5. The molecule has 0 unspecified atom stereocenters. The Morgan fingerprint density at radius 3 is 2.63 bits per heavy atom. The van der Waals surface area contributed by atoms with Crippen molar-refractivity contribution in [1.82, 2.24) is 5.43 Å². The fourth-order valence-electron chi connectivity index (χ4n) is 2.47. The molecule has 0 spiro atoms. The zero-order valence-corrected chi connectivity index (χ0v) is 15.8. The van der Waals surface area contributed by atoms with Crippen molar-refractivity contribution in [2.24, 2.45) is 5.10 Å². The van der Waals surface area contributed by atoms with Crippen LogP contribution in [0.3, 0.4) is 0 Å². The molecule has 2 aromatic carbocycles. The predicted octanol–water partition coefficient (Wildman–Crippen LogP) is 5.59. The van der Waals surface area contributed by atoms with Gasteiger partial charge in [0.25, 0.3) is 5.69 Å². The van der Waals surface area contributed by atoms with Gasteiger partial charge in [-0.15, -0.1) is 0 Å². The Balaban J connectivity index is 1.68. The van der Waals surface area contributed by atoms with Crippen molar-refractivity contribution in [1.29, 1.82) is 0 Å².